The summed E-state index contributed by atoms with van der Waals surface area (Å²) in [5, 5.41) is 0.785. The molecule has 3 radical (unpaired) electrons. The molecule has 0 aromatic heterocycles. The van der Waals surface area contributed by atoms with Crippen LogP contribution in [0, 0.1) is 0 Å². The molecule has 49 valence electrons. The molecule has 0 saturated heterocycles. The van der Waals surface area contributed by atoms with E-state index in [4.69, 9.17) is 11.6 Å². The van der Waals surface area contributed by atoms with Crippen molar-refractivity contribution in [2.75, 3.05) is 0 Å². The van der Waals surface area contributed by atoms with Crippen LogP contribution in [-0.2, 0) is 0 Å². The van der Waals surface area contributed by atoms with Crippen LogP contribution in [0.1, 0.15) is 5.56 Å². The molecule has 0 fully saturated rings. The fourth-order valence-electron chi connectivity index (χ4n) is 0.670. The molecule has 2 heteroatoms. The minimum atomic E-state index is 0.785. The topological polar surface area (TPSA) is 0 Å². The molecular weight excluding hydrogens is 204 g/mol. The number of hydrogen-bond acceptors (Lipinski definition) is 0. The predicted octanol–water partition coefficient (Wildman–Crippen LogP) is 2.48. The molecule has 1 rings (SSSR count). The van der Waals surface area contributed by atoms with E-state index in [0.29, 0.717) is 0 Å². The standard InChI is InChI=1S/C8H6ClGe/c9-8-3-1-7(2-4-8)5-6-10/h1-6H/b6-5+. The van der Waals surface area contributed by atoms with Crippen LogP contribution in [-0.4, -0.2) is 16.5 Å². The molecule has 1 aromatic rings. The summed E-state index contributed by atoms with van der Waals surface area (Å²) in [6, 6.07) is 7.75. The van der Waals surface area contributed by atoms with Crippen LogP contribution in [0.2, 0.25) is 5.02 Å². The maximum absolute atomic E-state index is 5.69. The van der Waals surface area contributed by atoms with E-state index in [0.717, 1.165) is 5.02 Å². The van der Waals surface area contributed by atoms with Crippen LogP contribution in [0.25, 0.3) is 6.08 Å². The van der Waals surface area contributed by atoms with Crippen molar-refractivity contribution in [3.05, 3.63) is 39.8 Å². The van der Waals surface area contributed by atoms with Crippen molar-refractivity contribution >= 4 is 34.2 Å². The first kappa shape index (κ1) is 7.89. The van der Waals surface area contributed by atoms with Gasteiger partial charge >= 0.3 is 74.0 Å². The molecule has 10 heavy (non-hydrogen) atoms. The quantitative estimate of drug-likeness (QED) is 0.625. The second-order valence-corrected chi connectivity index (χ2v) is 3.02. The summed E-state index contributed by atoms with van der Waals surface area (Å²) >= 11 is 7.68. The summed E-state index contributed by atoms with van der Waals surface area (Å²) in [7, 11) is 0. The SMILES string of the molecule is Clc1ccc(/C=[CH]/[Ge])cc1. The summed E-state index contributed by atoms with van der Waals surface area (Å²) in [6.45, 7) is 0. The molecule has 0 unspecified atom stereocenters. The Bertz CT molecular complexity index is 226. The fourth-order valence-corrected chi connectivity index (χ4v) is 1.20. The first-order valence-electron chi connectivity index (χ1n) is 2.92. The maximum atomic E-state index is 5.69. The molecule has 0 bridgehead atoms. The Morgan fingerprint density at radius 2 is 1.80 bits per heavy atom. The predicted molar refractivity (Wildman–Crippen MR) is 46.2 cm³/mol. The van der Waals surface area contributed by atoms with Crippen LogP contribution >= 0.6 is 11.6 Å². The first-order valence-corrected chi connectivity index (χ1v) is 4.51. The zero-order valence-corrected chi connectivity index (χ0v) is 8.20. The fraction of sp³-hybridized carbons (Fsp3) is 0. The van der Waals surface area contributed by atoms with E-state index in [1.54, 1.807) is 0 Å². The van der Waals surface area contributed by atoms with E-state index in [2.05, 4.69) is 0 Å². The second-order valence-electron chi connectivity index (χ2n) is 1.88. The molecular formula is C8H6ClGe. The molecule has 0 aliphatic carbocycles. The monoisotopic (exact) mass is 211 g/mol. The second kappa shape index (κ2) is 3.84. The number of rotatable bonds is 1. The van der Waals surface area contributed by atoms with Crippen molar-refractivity contribution in [2.24, 2.45) is 0 Å². The van der Waals surface area contributed by atoms with Gasteiger partial charge in [-0.1, -0.05) is 0 Å². The van der Waals surface area contributed by atoms with Crippen molar-refractivity contribution in [1.82, 2.24) is 0 Å². The molecule has 0 saturated carbocycles. The van der Waals surface area contributed by atoms with Crippen LogP contribution in [0.5, 0.6) is 0 Å². The van der Waals surface area contributed by atoms with E-state index in [1.807, 2.05) is 51.8 Å². The van der Waals surface area contributed by atoms with Gasteiger partial charge in [0, 0.05) is 0 Å². The number of hydrogen-bond donors (Lipinski definition) is 0. The molecule has 0 amide bonds. The minimum absolute atomic E-state index is 0.785. The summed E-state index contributed by atoms with van der Waals surface area (Å²) in [5.74, 6) is 0. The van der Waals surface area contributed by atoms with Crippen LogP contribution in [0.3, 0.4) is 0 Å². The van der Waals surface area contributed by atoms with Crippen LogP contribution in [0.4, 0.5) is 0 Å². The summed E-state index contributed by atoms with van der Waals surface area (Å²) in [5.41, 5.74) is 1.19. The van der Waals surface area contributed by atoms with Gasteiger partial charge in [0.25, 0.3) is 0 Å². The van der Waals surface area contributed by atoms with Crippen molar-refractivity contribution < 1.29 is 0 Å². The zero-order chi connectivity index (χ0) is 7.40. The van der Waals surface area contributed by atoms with Gasteiger partial charge in [0.15, 0.2) is 0 Å². The first-order chi connectivity index (χ1) is 4.83. The molecule has 0 atom stereocenters. The van der Waals surface area contributed by atoms with E-state index in [1.165, 1.54) is 5.56 Å². The summed E-state index contributed by atoms with van der Waals surface area (Å²) < 4.78 is 0. The van der Waals surface area contributed by atoms with Gasteiger partial charge < -0.3 is 0 Å². The third-order valence-electron chi connectivity index (χ3n) is 1.15. The number of benzene rings is 1. The van der Waals surface area contributed by atoms with E-state index >= 15 is 0 Å². The van der Waals surface area contributed by atoms with Crippen LogP contribution < -0.4 is 0 Å². The molecule has 0 aliphatic heterocycles. The van der Waals surface area contributed by atoms with Crippen LogP contribution in [0.15, 0.2) is 29.2 Å². The third-order valence-corrected chi connectivity index (χ3v) is 1.75. The van der Waals surface area contributed by atoms with Gasteiger partial charge in [0.1, 0.15) is 0 Å². The van der Waals surface area contributed by atoms with Gasteiger partial charge in [-0.3, -0.25) is 0 Å². The van der Waals surface area contributed by atoms with E-state index in [9.17, 15) is 0 Å². The molecule has 0 nitrogen and oxygen atoms in total. The Morgan fingerprint density at radius 3 is 2.30 bits per heavy atom. The Hall–Kier alpha value is -0.207. The van der Waals surface area contributed by atoms with Crippen molar-refractivity contribution in [3.8, 4) is 0 Å². The molecule has 0 spiro atoms. The Balaban J connectivity index is 2.89. The van der Waals surface area contributed by atoms with E-state index < -0.39 is 0 Å². The van der Waals surface area contributed by atoms with Crippen molar-refractivity contribution in [2.45, 2.75) is 0 Å². The third kappa shape index (κ3) is 2.20. The van der Waals surface area contributed by atoms with Gasteiger partial charge in [-0.05, 0) is 0 Å². The Labute approximate surface area is 74.1 Å². The average Bonchev–Trinajstić information content (AvgIpc) is 1.95. The van der Waals surface area contributed by atoms with Crippen molar-refractivity contribution in [3.63, 3.8) is 0 Å². The van der Waals surface area contributed by atoms with Crippen molar-refractivity contribution in [1.29, 1.82) is 0 Å². The van der Waals surface area contributed by atoms with E-state index in [-0.39, 0.29) is 0 Å². The number of halogens is 1. The van der Waals surface area contributed by atoms with Gasteiger partial charge in [-0.2, -0.15) is 0 Å². The van der Waals surface area contributed by atoms with Gasteiger partial charge in [-0.15, -0.1) is 0 Å². The molecule has 0 N–H and O–H groups in total. The van der Waals surface area contributed by atoms with Gasteiger partial charge in [0.05, 0.1) is 0 Å². The average molecular weight is 210 g/mol. The summed E-state index contributed by atoms with van der Waals surface area (Å²) in [6.07, 6.45) is 2.04. The summed E-state index contributed by atoms with van der Waals surface area (Å²) in [4.78, 5) is 2.00. The Morgan fingerprint density at radius 1 is 1.20 bits per heavy atom. The molecule has 1 aromatic carbocycles. The van der Waals surface area contributed by atoms with Gasteiger partial charge in [0.2, 0.25) is 0 Å². The normalized spacial score (nSPS) is 10.6. The molecule has 0 aliphatic rings. The molecule has 0 heterocycles. The zero-order valence-electron chi connectivity index (χ0n) is 5.34. The van der Waals surface area contributed by atoms with Gasteiger partial charge in [-0.25, -0.2) is 0 Å². The Kier molecular flexibility index (Phi) is 3.03.